The maximum Gasteiger partial charge on any atom is 0.387 e. The summed E-state index contributed by atoms with van der Waals surface area (Å²) in [5.74, 6) is -0.0370. The summed E-state index contributed by atoms with van der Waals surface area (Å²) in [5, 5.41) is 17.8. The Morgan fingerprint density at radius 1 is 1.36 bits per heavy atom. The van der Waals surface area contributed by atoms with Gasteiger partial charge in [-0.1, -0.05) is 12.1 Å². The topological polar surface area (TPSA) is 49.7 Å². The number of halogens is 2. The van der Waals surface area contributed by atoms with Crippen LogP contribution in [0, 0.1) is 0 Å². The number of benzene rings is 1. The summed E-state index contributed by atoms with van der Waals surface area (Å²) in [7, 11) is 0. The zero-order chi connectivity index (χ0) is 10.6. The van der Waals surface area contributed by atoms with Gasteiger partial charge in [-0.15, -0.1) is 0 Å². The molecule has 0 aliphatic carbocycles. The van der Waals surface area contributed by atoms with Crippen molar-refractivity contribution in [3.05, 3.63) is 29.8 Å². The summed E-state index contributed by atoms with van der Waals surface area (Å²) in [4.78, 5) is 0. The SMILES string of the molecule is OCC(O)c1cccc(OC(F)F)c1. The molecule has 2 N–H and O–H groups in total. The molecule has 1 rings (SSSR count). The van der Waals surface area contributed by atoms with Crippen molar-refractivity contribution >= 4 is 0 Å². The molecule has 0 aromatic heterocycles. The van der Waals surface area contributed by atoms with Gasteiger partial charge < -0.3 is 14.9 Å². The van der Waals surface area contributed by atoms with Gasteiger partial charge in [-0.3, -0.25) is 0 Å². The van der Waals surface area contributed by atoms with E-state index in [4.69, 9.17) is 5.11 Å². The molecule has 1 aromatic rings. The molecule has 0 spiro atoms. The van der Waals surface area contributed by atoms with E-state index in [0.717, 1.165) is 0 Å². The normalized spacial score (nSPS) is 12.9. The number of rotatable bonds is 4. The number of aliphatic hydroxyl groups is 2. The Bertz CT molecular complexity index is 291. The van der Waals surface area contributed by atoms with Gasteiger partial charge in [-0.05, 0) is 17.7 Å². The zero-order valence-corrected chi connectivity index (χ0v) is 7.23. The minimum Gasteiger partial charge on any atom is -0.435 e. The lowest BCUT2D eigenvalue weighted by atomic mass is 10.1. The highest BCUT2D eigenvalue weighted by atomic mass is 19.3. The highest BCUT2D eigenvalue weighted by Gasteiger charge is 2.08. The van der Waals surface area contributed by atoms with Gasteiger partial charge in [0, 0.05) is 0 Å². The molecule has 0 fully saturated rings. The van der Waals surface area contributed by atoms with Gasteiger partial charge >= 0.3 is 6.61 Å². The third kappa shape index (κ3) is 2.93. The minimum atomic E-state index is -2.89. The maximum absolute atomic E-state index is 11.8. The molecule has 0 radical (unpaired) electrons. The molecule has 3 nitrogen and oxygen atoms in total. The second-order valence-electron chi connectivity index (χ2n) is 2.65. The van der Waals surface area contributed by atoms with Crippen molar-refractivity contribution in [1.29, 1.82) is 0 Å². The highest BCUT2D eigenvalue weighted by Crippen LogP contribution is 2.20. The number of hydrogen-bond acceptors (Lipinski definition) is 3. The van der Waals surface area contributed by atoms with Crippen LogP contribution in [0.5, 0.6) is 5.75 Å². The number of alkyl halides is 2. The van der Waals surface area contributed by atoms with Crippen LogP contribution in [-0.4, -0.2) is 23.4 Å². The predicted octanol–water partition coefficient (Wildman–Crippen LogP) is 1.31. The molecule has 1 aromatic carbocycles. The average Bonchev–Trinajstić information content (AvgIpc) is 2.16. The third-order valence-corrected chi connectivity index (χ3v) is 1.64. The minimum absolute atomic E-state index is 0.0370. The largest absolute Gasteiger partial charge is 0.435 e. The Morgan fingerprint density at radius 2 is 2.07 bits per heavy atom. The van der Waals surface area contributed by atoms with E-state index < -0.39 is 19.3 Å². The fourth-order valence-corrected chi connectivity index (χ4v) is 1.00. The molecule has 0 aliphatic heterocycles. The van der Waals surface area contributed by atoms with Crippen molar-refractivity contribution in [3.63, 3.8) is 0 Å². The molecule has 1 atom stereocenters. The first-order valence-corrected chi connectivity index (χ1v) is 3.97. The Labute approximate surface area is 79.6 Å². The summed E-state index contributed by atoms with van der Waals surface area (Å²) in [6.07, 6.45) is -1.07. The van der Waals surface area contributed by atoms with Crippen LogP contribution in [0.1, 0.15) is 11.7 Å². The molecule has 0 heterocycles. The van der Waals surface area contributed by atoms with Crippen LogP contribution < -0.4 is 4.74 Å². The first kappa shape index (κ1) is 10.9. The van der Waals surface area contributed by atoms with E-state index in [9.17, 15) is 13.9 Å². The first-order valence-electron chi connectivity index (χ1n) is 3.97. The molecule has 78 valence electrons. The van der Waals surface area contributed by atoms with Crippen LogP contribution in [0.15, 0.2) is 24.3 Å². The third-order valence-electron chi connectivity index (χ3n) is 1.64. The standard InChI is InChI=1S/C9H10F2O3/c10-9(11)14-7-3-1-2-6(4-7)8(13)5-12/h1-4,8-9,12-13H,5H2. The Morgan fingerprint density at radius 3 is 2.64 bits per heavy atom. The summed E-state index contributed by atoms with van der Waals surface area (Å²) in [6, 6.07) is 5.58. The van der Waals surface area contributed by atoms with E-state index in [1.807, 2.05) is 0 Å². The van der Waals surface area contributed by atoms with Gasteiger partial charge in [0.05, 0.1) is 6.61 Å². The van der Waals surface area contributed by atoms with E-state index in [1.54, 1.807) is 0 Å². The molecular weight excluding hydrogens is 194 g/mol. The molecule has 1 unspecified atom stereocenters. The lowest BCUT2D eigenvalue weighted by Crippen LogP contribution is -2.05. The van der Waals surface area contributed by atoms with Crippen LogP contribution in [0.3, 0.4) is 0 Å². The van der Waals surface area contributed by atoms with Crippen LogP contribution >= 0.6 is 0 Å². The van der Waals surface area contributed by atoms with Crippen LogP contribution in [0.4, 0.5) is 8.78 Å². The van der Waals surface area contributed by atoms with E-state index >= 15 is 0 Å². The van der Waals surface area contributed by atoms with E-state index in [0.29, 0.717) is 5.56 Å². The zero-order valence-electron chi connectivity index (χ0n) is 7.23. The van der Waals surface area contributed by atoms with Gasteiger partial charge in [0.1, 0.15) is 11.9 Å². The summed E-state index contributed by atoms with van der Waals surface area (Å²) in [5.41, 5.74) is 0.339. The summed E-state index contributed by atoms with van der Waals surface area (Å²) in [6.45, 7) is -3.35. The van der Waals surface area contributed by atoms with Crippen molar-refractivity contribution in [2.75, 3.05) is 6.61 Å². The Hall–Kier alpha value is -1.20. The molecule has 0 bridgehead atoms. The van der Waals surface area contributed by atoms with Crippen LogP contribution in [-0.2, 0) is 0 Å². The fraction of sp³-hybridized carbons (Fsp3) is 0.333. The maximum atomic E-state index is 11.8. The van der Waals surface area contributed by atoms with Crippen molar-refractivity contribution < 1.29 is 23.7 Å². The highest BCUT2D eigenvalue weighted by molar-refractivity contribution is 5.29. The van der Waals surface area contributed by atoms with E-state index in [1.165, 1.54) is 24.3 Å². The van der Waals surface area contributed by atoms with Gasteiger partial charge in [-0.2, -0.15) is 8.78 Å². The molecule has 0 aliphatic rings. The van der Waals surface area contributed by atoms with Gasteiger partial charge in [0.2, 0.25) is 0 Å². The van der Waals surface area contributed by atoms with Gasteiger partial charge in [0.15, 0.2) is 0 Å². The average molecular weight is 204 g/mol. The number of hydrogen-bond donors (Lipinski definition) is 2. The van der Waals surface area contributed by atoms with Crippen molar-refractivity contribution in [2.24, 2.45) is 0 Å². The molecule has 0 saturated heterocycles. The predicted molar refractivity (Wildman–Crippen MR) is 45.1 cm³/mol. The van der Waals surface area contributed by atoms with Crippen LogP contribution in [0.25, 0.3) is 0 Å². The molecule has 14 heavy (non-hydrogen) atoms. The van der Waals surface area contributed by atoms with Crippen molar-refractivity contribution in [3.8, 4) is 5.75 Å². The number of aliphatic hydroxyl groups excluding tert-OH is 2. The van der Waals surface area contributed by atoms with Crippen molar-refractivity contribution in [2.45, 2.75) is 12.7 Å². The van der Waals surface area contributed by atoms with Gasteiger partial charge in [-0.25, -0.2) is 0 Å². The second kappa shape index (κ2) is 4.88. The second-order valence-corrected chi connectivity index (χ2v) is 2.65. The molecule has 5 heteroatoms. The van der Waals surface area contributed by atoms with E-state index in [2.05, 4.69) is 4.74 Å². The van der Waals surface area contributed by atoms with Crippen molar-refractivity contribution in [1.82, 2.24) is 0 Å². The summed E-state index contributed by atoms with van der Waals surface area (Å²) < 4.78 is 27.7. The summed E-state index contributed by atoms with van der Waals surface area (Å²) >= 11 is 0. The first-order chi connectivity index (χ1) is 6.63. The lowest BCUT2D eigenvalue weighted by Gasteiger charge is -2.09. The Kier molecular flexibility index (Phi) is 3.79. The molecule has 0 amide bonds. The fourth-order valence-electron chi connectivity index (χ4n) is 1.00. The number of ether oxygens (including phenoxy) is 1. The Balaban J connectivity index is 2.78. The van der Waals surface area contributed by atoms with Gasteiger partial charge in [0.25, 0.3) is 0 Å². The quantitative estimate of drug-likeness (QED) is 0.777. The van der Waals surface area contributed by atoms with Crippen LogP contribution in [0.2, 0.25) is 0 Å². The lowest BCUT2D eigenvalue weighted by molar-refractivity contribution is -0.0500. The molecule has 0 saturated carbocycles. The van der Waals surface area contributed by atoms with E-state index in [-0.39, 0.29) is 5.75 Å². The smallest absolute Gasteiger partial charge is 0.387 e. The monoisotopic (exact) mass is 204 g/mol. The molecular formula is C9H10F2O3.